The first-order valence-corrected chi connectivity index (χ1v) is 7.50. The molecule has 0 radical (unpaired) electrons. The Morgan fingerprint density at radius 1 is 1.32 bits per heavy atom. The van der Waals surface area contributed by atoms with Gasteiger partial charge in [0.2, 0.25) is 5.91 Å². The minimum absolute atomic E-state index is 0.163. The van der Waals surface area contributed by atoms with E-state index in [1.165, 1.54) is 4.80 Å². The van der Waals surface area contributed by atoms with Crippen molar-refractivity contribution in [2.24, 2.45) is 0 Å². The molecular formula is C14H18N6OS. The average molecular weight is 318 g/mol. The molecule has 116 valence electrons. The molecule has 1 heterocycles. The lowest BCUT2D eigenvalue weighted by Crippen LogP contribution is -2.35. The van der Waals surface area contributed by atoms with Gasteiger partial charge < -0.3 is 5.32 Å². The number of nitrogens with zero attached hydrogens (tertiary/aromatic N) is 4. The summed E-state index contributed by atoms with van der Waals surface area (Å²) in [5, 5.41) is 17.4. The van der Waals surface area contributed by atoms with Crippen molar-refractivity contribution in [1.82, 2.24) is 25.5 Å². The van der Waals surface area contributed by atoms with E-state index >= 15 is 0 Å². The van der Waals surface area contributed by atoms with Crippen molar-refractivity contribution < 1.29 is 4.79 Å². The second-order valence-corrected chi connectivity index (χ2v) is 5.14. The normalized spacial score (nSPS) is 10.2. The van der Waals surface area contributed by atoms with Crippen LogP contribution in [0.3, 0.4) is 0 Å². The van der Waals surface area contributed by atoms with Gasteiger partial charge in [-0.05, 0) is 29.4 Å². The maximum atomic E-state index is 11.9. The minimum atomic E-state index is -0.193. The number of thiocarbonyl (C=S) groups is 1. The van der Waals surface area contributed by atoms with Crippen LogP contribution in [0, 0.1) is 0 Å². The molecule has 1 amide bonds. The van der Waals surface area contributed by atoms with E-state index in [1.807, 2.05) is 30.3 Å². The molecule has 2 aromatic rings. The van der Waals surface area contributed by atoms with Crippen LogP contribution in [0.15, 0.2) is 30.3 Å². The molecule has 0 atom stereocenters. The van der Waals surface area contributed by atoms with Gasteiger partial charge in [0.25, 0.3) is 5.95 Å². The lowest BCUT2D eigenvalue weighted by Gasteiger charge is -2.06. The van der Waals surface area contributed by atoms with E-state index in [2.05, 4.69) is 33.0 Å². The predicted octanol–water partition coefficient (Wildman–Crippen LogP) is 1.53. The van der Waals surface area contributed by atoms with Gasteiger partial charge in [-0.2, -0.15) is 4.80 Å². The number of aryl methyl sites for hydroxylation is 1. The Labute approximate surface area is 134 Å². The molecule has 0 aliphatic carbocycles. The average Bonchev–Trinajstić information content (AvgIpc) is 2.93. The number of amides is 1. The summed E-state index contributed by atoms with van der Waals surface area (Å²) in [7, 11) is 0. The van der Waals surface area contributed by atoms with E-state index in [-0.39, 0.29) is 23.4 Å². The van der Waals surface area contributed by atoms with Crippen LogP contribution in [-0.2, 0) is 17.8 Å². The number of unbranched alkanes of at least 4 members (excludes halogenated alkanes) is 1. The summed E-state index contributed by atoms with van der Waals surface area (Å²) >= 11 is 5.07. The maximum Gasteiger partial charge on any atom is 0.269 e. The number of carbonyl (C=O) groups is 1. The second kappa shape index (κ2) is 8.18. The van der Waals surface area contributed by atoms with Crippen LogP contribution < -0.4 is 10.6 Å². The summed E-state index contributed by atoms with van der Waals surface area (Å²) in [4.78, 5) is 13.4. The van der Waals surface area contributed by atoms with Gasteiger partial charge in [-0.25, -0.2) is 0 Å². The van der Waals surface area contributed by atoms with Crippen LogP contribution in [0.4, 0.5) is 5.95 Å². The third kappa shape index (κ3) is 5.21. The van der Waals surface area contributed by atoms with Crippen molar-refractivity contribution in [3.63, 3.8) is 0 Å². The zero-order valence-corrected chi connectivity index (χ0v) is 13.1. The molecule has 2 N–H and O–H groups in total. The molecule has 22 heavy (non-hydrogen) atoms. The quantitative estimate of drug-likeness (QED) is 0.786. The maximum absolute atomic E-state index is 11.9. The van der Waals surface area contributed by atoms with E-state index < -0.39 is 0 Å². The van der Waals surface area contributed by atoms with Crippen molar-refractivity contribution in [3.8, 4) is 0 Å². The fourth-order valence-corrected chi connectivity index (χ4v) is 1.98. The number of benzene rings is 1. The van der Waals surface area contributed by atoms with Gasteiger partial charge in [-0.3, -0.25) is 10.1 Å². The molecule has 0 bridgehead atoms. The first-order valence-electron chi connectivity index (χ1n) is 7.10. The smallest absolute Gasteiger partial charge is 0.269 e. The Kier molecular flexibility index (Phi) is 5.96. The monoisotopic (exact) mass is 318 g/mol. The molecule has 1 aromatic heterocycles. The Morgan fingerprint density at radius 2 is 2.09 bits per heavy atom. The minimum Gasteiger partial charge on any atom is -0.303 e. The first-order chi connectivity index (χ1) is 10.7. The van der Waals surface area contributed by atoms with E-state index in [1.54, 1.807) is 0 Å². The van der Waals surface area contributed by atoms with Crippen LogP contribution in [0.1, 0.15) is 25.3 Å². The van der Waals surface area contributed by atoms with Gasteiger partial charge in [0.05, 0.1) is 13.0 Å². The highest BCUT2D eigenvalue weighted by molar-refractivity contribution is 7.80. The number of tetrazole rings is 1. The number of hydrogen-bond acceptors (Lipinski definition) is 5. The van der Waals surface area contributed by atoms with E-state index in [0.717, 1.165) is 18.4 Å². The van der Waals surface area contributed by atoms with Crippen LogP contribution in [-0.4, -0.2) is 31.2 Å². The van der Waals surface area contributed by atoms with E-state index in [9.17, 15) is 4.79 Å². The largest absolute Gasteiger partial charge is 0.303 e. The van der Waals surface area contributed by atoms with E-state index in [4.69, 9.17) is 12.2 Å². The van der Waals surface area contributed by atoms with Gasteiger partial charge in [-0.1, -0.05) is 48.8 Å². The van der Waals surface area contributed by atoms with Crippen molar-refractivity contribution >= 4 is 29.2 Å². The second-order valence-electron chi connectivity index (χ2n) is 4.73. The zero-order valence-electron chi connectivity index (χ0n) is 12.3. The number of anilines is 1. The number of rotatable bonds is 6. The molecule has 0 aliphatic heterocycles. The van der Waals surface area contributed by atoms with Gasteiger partial charge in [0.1, 0.15) is 0 Å². The Bertz CT molecular complexity index is 627. The highest BCUT2D eigenvalue weighted by Gasteiger charge is 2.08. The lowest BCUT2D eigenvalue weighted by molar-refractivity contribution is -0.119. The Balaban J connectivity index is 1.79. The van der Waals surface area contributed by atoms with Gasteiger partial charge in [0, 0.05) is 0 Å². The Hall–Kier alpha value is -2.35. The van der Waals surface area contributed by atoms with Crippen molar-refractivity contribution in [1.29, 1.82) is 0 Å². The van der Waals surface area contributed by atoms with Crippen molar-refractivity contribution in [2.75, 3.05) is 5.32 Å². The molecule has 0 unspecified atom stereocenters. The molecule has 0 spiro atoms. The highest BCUT2D eigenvalue weighted by Crippen LogP contribution is 2.00. The highest BCUT2D eigenvalue weighted by atomic mass is 32.1. The number of nitrogens with one attached hydrogen (secondary N) is 2. The van der Waals surface area contributed by atoms with Crippen LogP contribution >= 0.6 is 12.2 Å². The first kappa shape index (κ1) is 16.0. The molecule has 8 heteroatoms. The molecule has 0 aliphatic rings. The molecule has 7 nitrogen and oxygen atoms in total. The fraction of sp³-hybridized carbons (Fsp3) is 0.357. The summed E-state index contributed by atoms with van der Waals surface area (Å²) in [6, 6.07) is 9.45. The molecule has 1 aromatic carbocycles. The zero-order chi connectivity index (χ0) is 15.8. The van der Waals surface area contributed by atoms with Crippen LogP contribution in [0.5, 0.6) is 0 Å². The van der Waals surface area contributed by atoms with Crippen molar-refractivity contribution in [3.05, 3.63) is 35.9 Å². The molecule has 0 fully saturated rings. The fourth-order valence-electron chi connectivity index (χ4n) is 1.77. The summed E-state index contributed by atoms with van der Waals surface area (Å²) in [5.41, 5.74) is 0.923. The van der Waals surface area contributed by atoms with Crippen molar-refractivity contribution in [2.45, 2.75) is 32.7 Å². The number of hydrogen-bond donors (Lipinski definition) is 2. The lowest BCUT2D eigenvalue weighted by atomic mass is 10.1. The molecule has 0 saturated carbocycles. The molecule has 0 saturated heterocycles. The Morgan fingerprint density at radius 3 is 2.82 bits per heavy atom. The van der Waals surface area contributed by atoms with Gasteiger partial charge >= 0.3 is 0 Å². The predicted molar refractivity (Wildman–Crippen MR) is 87.2 cm³/mol. The van der Waals surface area contributed by atoms with Crippen LogP contribution in [0.2, 0.25) is 0 Å². The summed E-state index contributed by atoms with van der Waals surface area (Å²) in [6.45, 7) is 2.80. The third-order valence-electron chi connectivity index (χ3n) is 2.85. The summed E-state index contributed by atoms with van der Waals surface area (Å²) < 4.78 is 0. The topological polar surface area (TPSA) is 84.7 Å². The summed E-state index contributed by atoms with van der Waals surface area (Å²) in [6.07, 6.45) is 2.30. The number of aromatic nitrogens is 4. The SMILES string of the molecule is CCCCn1nnc(NC(=S)NC(=O)Cc2ccccc2)n1. The third-order valence-corrected chi connectivity index (χ3v) is 3.05. The van der Waals surface area contributed by atoms with E-state index in [0.29, 0.717) is 6.54 Å². The molecule has 2 rings (SSSR count). The molecular weight excluding hydrogens is 300 g/mol. The van der Waals surface area contributed by atoms with Crippen LogP contribution in [0.25, 0.3) is 0 Å². The summed E-state index contributed by atoms with van der Waals surface area (Å²) in [5.74, 6) is 0.0863. The van der Waals surface area contributed by atoms with Gasteiger partial charge in [-0.15, -0.1) is 5.10 Å². The standard InChI is InChI=1S/C14H18N6OS/c1-2-3-9-20-18-13(17-19-20)16-14(22)15-12(21)10-11-7-5-4-6-8-11/h4-8H,2-3,9-10H2,1H3,(H2,15,16,18,21,22). The van der Waals surface area contributed by atoms with Gasteiger partial charge in [0.15, 0.2) is 5.11 Å². The number of carbonyl (C=O) groups excluding carboxylic acids is 1.